The molecule has 2 aliphatic carbocycles. The van der Waals surface area contributed by atoms with E-state index in [9.17, 15) is 15.0 Å². The Kier molecular flexibility index (Phi) is 8.91. The van der Waals surface area contributed by atoms with Crippen molar-refractivity contribution < 1.29 is 19.7 Å². The fraction of sp³-hybridized carbons (Fsp3) is 0.613. The predicted molar refractivity (Wildman–Crippen MR) is 158 cm³/mol. The largest absolute Gasteiger partial charge is 0.497 e. The van der Waals surface area contributed by atoms with Crippen LogP contribution in [0, 0.1) is 18.8 Å². The van der Waals surface area contributed by atoms with Gasteiger partial charge >= 0.3 is 0 Å². The van der Waals surface area contributed by atoms with E-state index in [-0.39, 0.29) is 17.7 Å². The Morgan fingerprint density at radius 1 is 1.17 bits per heavy atom. The number of ketones is 1. The number of Topliss-reactive ketones (excluding diaryl/α,β-unsaturated/α-hetero) is 1. The minimum Gasteiger partial charge on any atom is -0.497 e. The summed E-state index contributed by atoms with van der Waals surface area (Å²) in [6.07, 6.45) is 5.93. The van der Waals surface area contributed by atoms with Crippen LogP contribution in [0.2, 0.25) is 0 Å². The van der Waals surface area contributed by atoms with E-state index < -0.39 is 12.2 Å². The average Bonchev–Trinajstić information content (AvgIpc) is 3.47. The predicted octanol–water partition coefficient (Wildman–Crippen LogP) is 3.90. The molecule has 0 unspecified atom stereocenters. The highest BCUT2D eigenvalue weighted by Gasteiger charge is 2.45. The summed E-state index contributed by atoms with van der Waals surface area (Å²) in [7, 11) is 1.66. The zero-order valence-corrected chi connectivity index (χ0v) is 24.8. The van der Waals surface area contributed by atoms with Crippen LogP contribution in [0.25, 0.3) is 11.2 Å². The smallest absolute Gasteiger partial charge is 0.165 e. The first-order chi connectivity index (χ1) is 19.7. The summed E-state index contributed by atoms with van der Waals surface area (Å²) >= 11 is 0. The van der Waals surface area contributed by atoms with Gasteiger partial charge in [0, 0.05) is 37.5 Å². The number of methoxy groups -OCH3 is 1. The summed E-state index contributed by atoms with van der Waals surface area (Å²) in [5.74, 6) is 2.25. The molecule has 10 nitrogen and oxygen atoms in total. The number of nitrogens with zero attached hydrogens (tertiary/aromatic N) is 5. The van der Waals surface area contributed by atoms with Crippen LogP contribution in [0.5, 0.6) is 5.75 Å². The van der Waals surface area contributed by atoms with Crippen LogP contribution in [0.15, 0.2) is 30.9 Å². The quantitative estimate of drug-likeness (QED) is 0.300. The number of hydrogen-bond donors (Lipinski definition) is 3. The third-order valence-corrected chi connectivity index (χ3v) is 9.18. The van der Waals surface area contributed by atoms with Gasteiger partial charge in [0.05, 0.1) is 25.6 Å². The Morgan fingerprint density at radius 3 is 2.63 bits per heavy atom. The lowest BCUT2D eigenvalue weighted by Gasteiger charge is -2.46. The number of imidazole rings is 1. The maximum atomic E-state index is 11.4. The second-order valence-corrected chi connectivity index (χ2v) is 12.3. The molecule has 4 atom stereocenters. The van der Waals surface area contributed by atoms with Gasteiger partial charge < -0.3 is 29.6 Å². The second kappa shape index (κ2) is 12.4. The number of aliphatic hydroxyl groups excluding tert-OH is 2. The van der Waals surface area contributed by atoms with Gasteiger partial charge in [-0.1, -0.05) is 6.07 Å². The van der Waals surface area contributed by atoms with Gasteiger partial charge in [-0.3, -0.25) is 4.90 Å². The molecule has 2 aliphatic rings. The molecule has 0 aliphatic heterocycles. The first-order valence-corrected chi connectivity index (χ1v) is 14.8. The molecule has 2 fully saturated rings. The van der Waals surface area contributed by atoms with Gasteiger partial charge in [0.25, 0.3) is 0 Å². The lowest BCUT2D eigenvalue weighted by Crippen LogP contribution is -2.51. The number of aliphatic hydroxyl groups is 2. The molecule has 222 valence electrons. The number of hydrogen-bond acceptors (Lipinski definition) is 9. The summed E-state index contributed by atoms with van der Waals surface area (Å²) in [6, 6.07) is 6.44. The number of ether oxygens (including phenoxy) is 1. The molecular weight excluding hydrogens is 520 g/mol. The van der Waals surface area contributed by atoms with E-state index in [4.69, 9.17) is 4.74 Å². The van der Waals surface area contributed by atoms with Gasteiger partial charge in [-0.05, 0) is 82.6 Å². The van der Waals surface area contributed by atoms with E-state index in [0.717, 1.165) is 42.7 Å². The van der Waals surface area contributed by atoms with Crippen molar-refractivity contribution in [3.63, 3.8) is 0 Å². The van der Waals surface area contributed by atoms with Crippen molar-refractivity contribution in [1.82, 2.24) is 24.4 Å². The third-order valence-electron chi connectivity index (χ3n) is 9.18. The number of fused-ring (bicyclic) bond motifs is 1. The first-order valence-electron chi connectivity index (χ1n) is 14.8. The molecule has 10 heteroatoms. The highest BCUT2D eigenvalue weighted by atomic mass is 16.5. The van der Waals surface area contributed by atoms with Crippen molar-refractivity contribution in [3.05, 3.63) is 42.0 Å². The number of aryl methyl sites for hydroxylation is 1. The summed E-state index contributed by atoms with van der Waals surface area (Å²) in [6.45, 7) is 9.40. The fourth-order valence-electron chi connectivity index (χ4n) is 6.62. The molecule has 41 heavy (non-hydrogen) atoms. The number of anilines is 1. The second-order valence-electron chi connectivity index (χ2n) is 12.3. The molecule has 0 radical (unpaired) electrons. The molecule has 1 aromatic carbocycles. The Hall–Kier alpha value is -3.08. The van der Waals surface area contributed by atoms with Gasteiger partial charge in [-0.25, -0.2) is 15.0 Å². The summed E-state index contributed by atoms with van der Waals surface area (Å²) in [5, 5.41) is 25.7. The molecule has 2 saturated carbocycles. The normalized spacial score (nSPS) is 26.1. The van der Waals surface area contributed by atoms with Crippen LogP contribution < -0.4 is 10.1 Å². The summed E-state index contributed by atoms with van der Waals surface area (Å²) in [5.41, 5.74) is 3.52. The molecular formula is C31H44N6O4. The SMILES string of the molecule is COc1ccc(CNc2ncnc3c2ncn3[C@@H]2C[C@H](CN(C(C)C)C3CC(CCC(C)=O)C3)[C@@H](O)[C@H]2O)c(C)c1. The molecule has 0 bridgehead atoms. The zero-order valence-electron chi connectivity index (χ0n) is 24.8. The van der Waals surface area contributed by atoms with Gasteiger partial charge in [0.15, 0.2) is 11.5 Å². The number of nitrogens with one attached hydrogen (secondary N) is 1. The Labute approximate surface area is 242 Å². The summed E-state index contributed by atoms with van der Waals surface area (Å²) in [4.78, 5) is 27.4. The van der Waals surface area contributed by atoms with Crippen LogP contribution in [0.3, 0.4) is 0 Å². The standard InChI is InChI=1S/C31H44N6O4/c1-18(2)36(24-11-21(12-24)7-6-20(4)38)15-23-13-26(29(40)28(23)39)37-17-35-27-30(33-16-34-31(27)37)32-14-22-8-9-25(41-5)10-19(22)3/h8-10,16-18,21,23-24,26,28-29,39-40H,6-7,11-15H2,1-5H3,(H,32,33,34)/t21?,23-,24?,26-,28-,29+/m1/s1. The molecule has 3 N–H and O–H groups in total. The zero-order chi connectivity index (χ0) is 29.3. The lowest BCUT2D eigenvalue weighted by molar-refractivity contribution is -0.117. The van der Waals surface area contributed by atoms with E-state index in [0.29, 0.717) is 54.4 Å². The number of rotatable bonds is 12. The number of carbonyl (C=O) groups excluding carboxylic acids is 1. The Bertz CT molecular complexity index is 1350. The molecule has 0 saturated heterocycles. The van der Waals surface area contributed by atoms with E-state index in [1.54, 1.807) is 20.4 Å². The van der Waals surface area contributed by atoms with Gasteiger partial charge in [0.1, 0.15) is 29.5 Å². The fourth-order valence-corrected chi connectivity index (χ4v) is 6.62. The Morgan fingerprint density at radius 2 is 1.95 bits per heavy atom. The first kappa shape index (κ1) is 29.4. The lowest BCUT2D eigenvalue weighted by atomic mass is 9.75. The van der Waals surface area contributed by atoms with Crippen molar-refractivity contribution in [3.8, 4) is 5.75 Å². The van der Waals surface area contributed by atoms with Gasteiger partial charge in [-0.15, -0.1) is 0 Å². The number of aromatic nitrogens is 4. The summed E-state index contributed by atoms with van der Waals surface area (Å²) < 4.78 is 7.21. The van der Waals surface area contributed by atoms with Crippen LogP contribution in [-0.2, 0) is 11.3 Å². The molecule has 2 aromatic heterocycles. The van der Waals surface area contributed by atoms with Crippen LogP contribution in [0.1, 0.15) is 70.0 Å². The van der Waals surface area contributed by atoms with Crippen LogP contribution in [0.4, 0.5) is 5.82 Å². The van der Waals surface area contributed by atoms with Crippen molar-refractivity contribution in [2.45, 2.75) is 96.7 Å². The van der Waals surface area contributed by atoms with Gasteiger partial charge in [-0.2, -0.15) is 0 Å². The maximum absolute atomic E-state index is 11.4. The van der Waals surface area contributed by atoms with Crippen molar-refractivity contribution in [2.75, 3.05) is 19.0 Å². The van der Waals surface area contributed by atoms with E-state index in [1.807, 2.05) is 29.7 Å². The topological polar surface area (TPSA) is 126 Å². The Balaban J connectivity index is 1.26. The highest BCUT2D eigenvalue weighted by Crippen LogP contribution is 2.41. The molecule has 0 spiro atoms. The number of benzene rings is 1. The minimum atomic E-state index is -0.913. The van der Waals surface area contributed by atoms with Gasteiger partial charge in [0.2, 0.25) is 0 Å². The van der Waals surface area contributed by atoms with E-state index in [2.05, 4.69) is 39.0 Å². The van der Waals surface area contributed by atoms with Crippen molar-refractivity contribution >= 4 is 22.8 Å². The maximum Gasteiger partial charge on any atom is 0.165 e. The van der Waals surface area contributed by atoms with E-state index >= 15 is 0 Å². The molecule has 5 rings (SSSR count). The van der Waals surface area contributed by atoms with Crippen molar-refractivity contribution in [2.24, 2.45) is 11.8 Å². The van der Waals surface area contributed by atoms with E-state index in [1.165, 1.54) is 6.33 Å². The molecule has 2 heterocycles. The van der Waals surface area contributed by atoms with Crippen molar-refractivity contribution in [1.29, 1.82) is 0 Å². The molecule has 0 amide bonds. The number of carbonyl (C=O) groups is 1. The third kappa shape index (κ3) is 6.24. The monoisotopic (exact) mass is 564 g/mol. The minimum absolute atomic E-state index is 0.0661. The average molecular weight is 565 g/mol. The van der Waals surface area contributed by atoms with Crippen LogP contribution in [-0.4, -0.2) is 78.4 Å². The highest BCUT2D eigenvalue weighted by molar-refractivity contribution is 5.82. The van der Waals surface area contributed by atoms with Crippen LogP contribution >= 0.6 is 0 Å². The molecule has 3 aromatic rings.